The third kappa shape index (κ3) is 2.82. The third-order valence-corrected chi connectivity index (χ3v) is 5.98. The number of hydrogen-bond acceptors (Lipinski definition) is 0. The lowest BCUT2D eigenvalue weighted by atomic mass is 10.2. The molecule has 0 aromatic heterocycles. The molecule has 0 spiro atoms. The lowest BCUT2D eigenvalue weighted by Crippen LogP contribution is -2.41. The first-order chi connectivity index (χ1) is 6.30. The molecule has 0 fully saturated rings. The highest BCUT2D eigenvalue weighted by molar-refractivity contribution is 6.89. The fourth-order valence-electron chi connectivity index (χ4n) is 1.50. The van der Waals surface area contributed by atoms with Crippen molar-refractivity contribution in [2.45, 2.75) is 39.7 Å². The molecule has 2 heteroatoms. The zero-order valence-electron chi connectivity index (χ0n) is 10.2. The number of rotatable bonds is 2. The van der Waals surface area contributed by atoms with Crippen LogP contribution in [0.1, 0.15) is 5.56 Å². The highest BCUT2D eigenvalue weighted by atomic mass is 28.3. The first kappa shape index (κ1) is 11.7. The molecule has 14 heavy (non-hydrogen) atoms. The highest BCUT2D eigenvalue weighted by Crippen LogP contribution is 2.04. The second kappa shape index (κ2) is 4.03. The second-order valence-corrected chi connectivity index (χ2v) is 13.0. The summed E-state index contributed by atoms with van der Waals surface area (Å²) in [5.41, 5.74) is 1.44. The standard InChI is InChI=1S/C12H21Si2/c1-10-7-11(13(2)3)9-12(8-10)14(4,5)6/h7-9H,1-6H3. The van der Waals surface area contributed by atoms with Gasteiger partial charge in [0.25, 0.3) is 0 Å². The molecule has 0 saturated heterocycles. The van der Waals surface area contributed by atoms with Crippen LogP contribution < -0.4 is 10.4 Å². The molecule has 0 nitrogen and oxygen atoms in total. The molecule has 0 unspecified atom stereocenters. The van der Waals surface area contributed by atoms with Crippen LogP contribution in [0.2, 0.25) is 32.7 Å². The first-order valence-corrected chi connectivity index (χ1v) is 11.2. The summed E-state index contributed by atoms with van der Waals surface area (Å²) in [7, 11) is -1.42. The van der Waals surface area contributed by atoms with E-state index in [1.165, 1.54) is 5.56 Å². The third-order valence-electron chi connectivity index (χ3n) is 2.52. The van der Waals surface area contributed by atoms with Gasteiger partial charge >= 0.3 is 0 Å². The topological polar surface area (TPSA) is 0 Å². The molecular weight excluding hydrogens is 200 g/mol. The maximum atomic E-state index is 2.45. The molecule has 0 N–H and O–H groups in total. The van der Waals surface area contributed by atoms with Gasteiger partial charge in [0.05, 0.1) is 16.9 Å². The van der Waals surface area contributed by atoms with Crippen LogP contribution in [0, 0.1) is 6.92 Å². The second-order valence-electron chi connectivity index (χ2n) is 5.34. The summed E-state index contributed by atoms with van der Waals surface area (Å²) in [5.74, 6) is 0. The molecule has 1 rings (SSSR count). The van der Waals surface area contributed by atoms with Gasteiger partial charge in [-0.1, -0.05) is 66.9 Å². The summed E-state index contributed by atoms with van der Waals surface area (Å²) in [6.07, 6.45) is 0. The van der Waals surface area contributed by atoms with Gasteiger partial charge < -0.3 is 0 Å². The van der Waals surface area contributed by atoms with Crippen molar-refractivity contribution in [3.63, 3.8) is 0 Å². The lowest BCUT2D eigenvalue weighted by molar-refractivity contribution is 1.50. The Morgan fingerprint density at radius 1 is 1.00 bits per heavy atom. The van der Waals surface area contributed by atoms with Crippen LogP contribution in [0.25, 0.3) is 0 Å². The van der Waals surface area contributed by atoms with Gasteiger partial charge in [0.2, 0.25) is 0 Å². The van der Waals surface area contributed by atoms with E-state index in [1.54, 1.807) is 10.4 Å². The number of benzene rings is 1. The van der Waals surface area contributed by atoms with Crippen molar-refractivity contribution in [3.05, 3.63) is 23.8 Å². The fourth-order valence-corrected chi connectivity index (χ4v) is 3.86. The van der Waals surface area contributed by atoms with Crippen molar-refractivity contribution in [1.29, 1.82) is 0 Å². The molecule has 0 bridgehead atoms. The summed E-state index contributed by atoms with van der Waals surface area (Å²) in [5, 5.41) is 3.20. The SMILES string of the molecule is Cc1cc([Si](C)C)cc([Si](C)(C)C)c1. The zero-order valence-corrected chi connectivity index (χ0v) is 12.2. The highest BCUT2D eigenvalue weighted by Gasteiger charge is 2.17. The lowest BCUT2D eigenvalue weighted by Gasteiger charge is -2.19. The van der Waals surface area contributed by atoms with E-state index in [4.69, 9.17) is 0 Å². The molecule has 0 amide bonds. The molecule has 0 aliphatic heterocycles. The first-order valence-electron chi connectivity index (χ1n) is 5.23. The van der Waals surface area contributed by atoms with Gasteiger partial charge in [-0.2, -0.15) is 0 Å². The van der Waals surface area contributed by atoms with E-state index in [-0.39, 0.29) is 8.80 Å². The van der Waals surface area contributed by atoms with Gasteiger partial charge in [-0.3, -0.25) is 0 Å². The monoisotopic (exact) mass is 221 g/mol. The fraction of sp³-hybridized carbons (Fsp3) is 0.500. The van der Waals surface area contributed by atoms with Crippen LogP contribution in [0.15, 0.2) is 18.2 Å². The Bertz CT molecular complexity index is 322. The molecule has 1 aromatic rings. The Balaban J connectivity index is 3.21. The minimum Gasteiger partial charge on any atom is -0.0671 e. The van der Waals surface area contributed by atoms with Gasteiger partial charge in [0.15, 0.2) is 0 Å². The minimum absolute atomic E-state index is 0.294. The molecule has 0 atom stereocenters. The summed E-state index contributed by atoms with van der Waals surface area (Å²) >= 11 is 0. The smallest absolute Gasteiger partial charge is 0.0671 e. The van der Waals surface area contributed by atoms with Crippen molar-refractivity contribution in [2.75, 3.05) is 0 Å². The number of aryl methyl sites for hydroxylation is 1. The maximum Gasteiger partial charge on any atom is 0.0791 e. The predicted molar refractivity (Wildman–Crippen MR) is 71.3 cm³/mol. The largest absolute Gasteiger partial charge is 0.0791 e. The van der Waals surface area contributed by atoms with E-state index in [0.29, 0.717) is 0 Å². The molecule has 0 aliphatic rings. The molecule has 77 valence electrons. The van der Waals surface area contributed by atoms with Crippen LogP contribution in [0.3, 0.4) is 0 Å². The minimum atomic E-state index is -1.13. The van der Waals surface area contributed by atoms with E-state index in [2.05, 4.69) is 57.9 Å². The summed E-state index contributed by atoms with van der Waals surface area (Å²) in [6, 6.07) is 7.19. The van der Waals surface area contributed by atoms with Gasteiger partial charge in [0, 0.05) is 0 Å². The molecular formula is C12H21Si2. The zero-order chi connectivity index (χ0) is 10.9. The van der Waals surface area contributed by atoms with E-state index in [9.17, 15) is 0 Å². The molecule has 0 saturated carbocycles. The quantitative estimate of drug-likeness (QED) is 0.673. The Hall–Kier alpha value is -0.346. The van der Waals surface area contributed by atoms with Gasteiger partial charge in [-0.25, -0.2) is 0 Å². The maximum absolute atomic E-state index is 2.45. The Kier molecular flexibility index (Phi) is 3.37. The van der Waals surface area contributed by atoms with Crippen LogP contribution in [-0.4, -0.2) is 16.9 Å². The van der Waals surface area contributed by atoms with Crippen molar-refractivity contribution in [2.24, 2.45) is 0 Å². The van der Waals surface area contributed by atoms with Crippen molar-refractivity contribution >= 4 is 27.2 Å². The molecule has 1 radical (unpaired) electrons. The Labute approximate surface area is 91.0 Å². The normalized spacial score (nSPS) is 12.2. The summed E-state index contributed by atoms with van der Waals surface area (Å²) in [4.78, 5) is 0. The predicted octanol–water partition coefficient (Wildman–Crippen LogP) is 2.50. The van der Waals surface area contributed by atoms with Crippen LogP contribution in [-0.2, 0) is 0 Å². The van der Waals surface area contributed by atoms with Gasteiger partial charge in [0.1, 0.15) is 0 Å². The van der Waals surface area contributed by atoms with E-state index < -0.39 is 8.07 Å². The van der Waals surface area contributed by atoms with E-state index >= 15 is 0 Å². The van der Waals surface area contributed by atoms with Crippen LogP contribution >= 0.6 is 0 Å². The van der Waals surface area contributed by atoms with Crippen LogP contribution in [0.4, 0.5) is 0 Å². The van der Waals surface area contributed by atoms with Gasteiger partial charge in [-0.05, 0) is 6.92 Å². The average molecular weight is 221 g/mol. The van der Waals surface area contributed by atoms with Crippen molar-refractivity contribution in [1.82, 2.24) is 0 Å². The number of hydrogen-bond donors (Lipinski definition) is 0. The van der Waals surface area contributed by atoms with Crippen molar-refractivity contribution in [3.8, 4) is 0 Å². The van der Waals surface area contributed by atoms with E-state index in [0.717, 1.165) is 0 Å². The Morgan fingerprint density at radius 2 is 1.57 bits per heavy atom. The molecule has 0 heterocycles. The van der Waals surface area contributed by atoms with Crippen LogP contribution in [0.5, 0.6) is 0 Å². The van der Waals surface area contributed by atoms with Gasteiger partial charge in [-0.15, -0.1) is 0 Å². The van der Waals surface area contributed by atoms with E-state index in [1.807, 2.05) is 0 Å². The molecule has 1 aromatic carbocycles. The van der Waals surface area contributed by atoms with Crippen molar-refractivity contribution < 1.29 is 0 Å². The average Bonchev–Trinajstić information content (AvgIpc) is 2.01. The molecule has 0 aliphatic carbocycles. The summed E-state index contributed by atoms with van der Waals surface area (Å²) in [6.45, 7) is 14.2. The summed E-state index contributed by atoms with van der Waals surface area (Å²) < 4.78 is 0. The Morgan fingerprint density at radius 3 is 2.00 bits per heavy atom.